The van der Waals surface area contributed by atoms with Crippen LogP contribution in [0.2, 0.25) is 0 Å². The highest BCUT2D eigenvalue weighted by molar-refractivity contribution is 5.87. The minimum Gasteiger partial charge on any atom is -0.426 e. The Morgan fingerprint density at radius 2 is 1.50 bits per heavy atom. The lowest BCUT2D eigenvalue weighted by Crippen LogP contribution is -2.07. The normalized spacial score (nSPS) is 9.38. The number of carbonyl (C=O) groups excluding carboxylic acids is 3. The molecular weight excluding hydrogens is 212 g/mol. The van der Waals surface area contributed by atoms with Crippen LogP contribution in [0, 0.1) is 0 Å². The Labute approximate surface area is 92.0 Å². The molecule has 0 unspecified atom stereocenters. The maximum atomic E-state index is 10.8. The molecule has 1 aromatic carbocycles. The second-order valence-electron chi connectivity index (χ2n) is 2.97. The van der Waals surface area contributed by atoms with Gasteiger partial charge in [0, 0.05) is 13.8 Å². The molecule has 0 aromatic heterocycles. The summed E-state index contributed by atoms with van der Waals surface area (Å²) in [5.74, 6) is -0.964. The second-order valence-corrected chi connectivity index (χ2v) is 2.97. The number of aldehydes is 1. The van der Waals surface area contributed by atoms with E-state index < -0.39 is 11.9 Å². The molecule has 0 radical (unpaired) electrons. The molecule has 0 N–H and O–H groups in total. The molecule has 16 heavy (non-hydrogen) atoms. The predicted molar refractivity (Wildman–Crippen MR) is 54.4 cm³/mol. The highest BCUT2D eigenvalue weighted by atomic mass is 16.5. The summed E-state index contributed by atoms with van der Waals surface area (Å²) in [5.41, 5.74) is 0.0351. The lowest BCUT2D eigenvalue weighted by atomic mass is 10.2. The van der Waals surface area contributed by atoms with Crippen LogP contribution in [0.15, 0.2) is 18.2 Å². The van der Waals surface area contributed by atoms with Crippen molar-refractivity contribution in [2.45, 2.75) is 13.8 Å². The van der Waals surface area contributed by atoms with Crippen LogP contribution in [0.3, 0.4) is 0 Å². The molecule has 0 spiro atoms. The van der Waals surface area contributed by atoms with Gasteiger partial charge in [0.15, 0.2) is 6.29 Å². The van der Waals surface area contributed by atoms with Gasteiger partial charge in [0.1, 0.15) is 11.5 Å². The van der Waals surface area contributed by atoms with Crippen molar-refractivity contribution in [2.24, 2.45) is 0 Å². The Morgan fingerprint density at radius 3 is 1.81 bits per heavy atom. The number of hydrogen-bond acceptors (Lipinski definition) is 5. The first-order valence-electron chi connectivity index (χ1n) is 4.49. The molecule has 1 aromatic rings. The van der Waals surface area contributed by atoms with Crippen LogP contribution in [0.4, 0.5) is 0 Å². The second kappa shape index (κ2) is 5.06. The van der Waals surface area contributed by atoms with E-state index in [-0.39, 0.29) is 17.1 Å². The van der Waals surface area contributed by atoms with Crippen molar-refractivity contribution < 1.29 is 23.9 Å². The SMILES string of the molecule is CC(=O)Oc1cccc(OC(C)=O)c1C=O. The van der Waals surface area contributed by atoms with E-state index >= 15 is 0 Å². The van der Waals surface area contributed by atoms with Crippen LogP contribution in [-0.4, -0.2) is 18.2 Å². The molecule has 0 bridgehead atoms. The maximum absolute atomic E-state index is 10.8. The monoisotopic (exact) mass is 222 g/mol. The fourth-order valence-corrected chi connectivity index (χ4v) is 1.13. The van der Waals surface area contributed by atoms with E-state index in [9.17, 15) is 14.4 Å². The van der Waals surface area contributed by atoms with Crippen molar-refractivity contribution in [3.05, 3.63) is 23.8 Å². The lowest BCUT2D eigenvalue weighted by Gasteiger charge is -2.08. The molecule has 0 fully saturated rings. The molecule has 0 saturated heterocycles. The molecule has 0 heterocycles. The summed E-state index contributed by atoms with van der Waals surface area (Å²) in [6.07, 6.45) is 0.469. The molecule has 0 saturated carbocycles. The quantitative estimate of drug-likeness (QED) is 0.438. The molecule has 5 heteroatoms. The van der Waals surface area contributed by atoms with E-state index in [4.69, 9.17) is 9.47 Å². The first kappa shape index (κ1) is 11.9. The largest absolute Gasteiger partial charge is 0.426 e. The standard InChI is InChI=1S/C11H10O5/c1-7(13)15-10-4-3-5-11(9(10)6-12)16-8(2)14/h3-6H,1-2H3. The van der Waals surface area contributed by atoms with Gasteiger partial charge in [0.05, 0.1) is 5.56 Å². The Hall–Kier alpha value is -2.17. The summed E-state index contributed by atoms with van der Waals surface area (Å²) in [5, 5.41) is 0. The average molecular weight is 222 g/mol. The van der Waals surface area contributed by atoms with Crippen LogP contribution in [-0.2, 0) is 9.59 Å². The van der Waals surface area contributed by atoms with Gasteiger partial charge in [-0.15, -0.1) is 0 Å². The van der Waals surface area contributed by atoms with E-state index in [2.05, 4.69) is 0 Å². The first-order chi connectivity index (χ1) is 7.54. The summed E-state index contributed by atoms with van der Waals surface area (Å²) in [6, 6.07) is 4.40. The van der Waals surface area contributed by atoms with Gasteiger partial charge in [-0.25, -0.2) is 0 Å². The molecule has 0 atom stereocenters. The minimum atomic E-state index is -0.553. The molecule has 5 nitrogen and oxygen atoms in total. The first-order valence-corrected chi connectivity index (χ1v) is 4.49. The average Bonchev–Trinajstić information content (AvgIpc) is 2.16. The van der Waals surface area contributed by atoms with E-state index in [1.54, 1.807) is 0 Å². The van der Waals surface area contributed by atoms with Gasteiger partial charge < -0.3 is 9.47 Å². The van der Waals surface area contributed by atoms with Crippen LogP contribution in [0.25, 0.3) is 0 Å². The zero-order chi connectivity index (χ0) is 12.1. The van der Waals surface area contributed by atoms with Crippen molar-refractivity contribution >= 4 is 18.2 Å². The van der Waals surface area contributed by atoms with Gasteiger partial charge in [-0.2, -0.15) is 0 Å². The molecule has 0 aliphatic heterocycles. The van der Waals surface area contributed by atoms with E-state index in [1.807, 2.05) is 0 Å². The van der Waals surface area contributed by atoms with Gasteiger partial charge in [-0.1, -0.05) is 6.07 Å². The zero-order valence-corrected chi connectivity index (χ0v) is 8.85. The fraction of sp³-hybridized carbons (Fsp3) is 0.182. The van der Waals surface area contributed by atoms with E-state index in [0.717, 1.165) is 0 Å². The van der Waals surface area contributed by atoms with Crippen LogP contribution in [0.1, 0.15) is 24.2 Å². The molecule has 0 aliphatic carbocycles. The predicted octanol–water partition coefficient (Wildman–Crippen LogP) is 1.35. The maximum Gasteiger partial charge on any atom is 0.308 e. The van der Waals surface area contributed by atoms with Crippen LogP contribution < -0.4 is 9.47 Å². The highest BCUT2D eigenvalue weighted by Crippen LogP contribution is 2.26. The Balaban J connectivity index is 3.14. The summed E-state index contributed by atoms with van der Waals surface area (Å²) in [4.78, 5) is 32.4. The van der Waals surface area contributed by atoms with Gasteiger partial charge in [0.2, 0.25) is 0 Å². The zero-order valence-electron chi connectivity index (χ0n) is 8.85. The minimum absolute atomic E-state index is 0.0351. The molecular formula is C11H10O5. The number of hydrogen-bond donors (Lipinski definition) is 0. The number of benzene rings is 1. The molecule has 0 aliphatic rings. The fourth-order valence-electron chi connectivity index (χ4n) is 1.13. The third kappa shape index (κ3) is 2.91. The molecule has 1 rings (SSSR count). The van der Waals surface area contributed by atoms with Crippen LogP contribution >= 0.6 is 0 Å². The van der Waals surface area contributed by atoms with Crippen molar-refractivity contribution in [1.82, 2.24) is 0 Å². The molecule has 0 amide bonds. The van der Waals surface area contributed by atoms with Gasteiger partial charge in [-0.3, -0.25) is 14.4 Å². The summed E-state index contributed by atoms with van der Waals surface area (Å²) < 4.78 is 9.59. The van der Waals surface area contributed by atoms with Gasteiger partial charge in [0.25, 0.3) is 0 Å². The summed E-state index contributed by atoms with van der Waals surface area (Å²) in [7, 11) is 0. The summed E-state index contributed by atoms with van der Waals surface area (Å²) >= 11 is 0. The third-order valence-electron chi connectivity index (χ3n) is 1.65. The van der Waals surface area contributed by atoms with Crippen LogP contribution in [0.5, 0.6) is 11.5 Å². The molecule has 84 valence electrons. The Kier molecular flexibility index (Phi) is 3.77. The van der Waals surface area contributed by atoms with Crippen molar-refractivity contribution in [1.29, 1.82) is 0 Å². The number of rotatable bonds is 3. The van der Waals surface area contributed by atoms with Crippen molar-refractivity contribution in [3.8, 4) is 11.5 Å². The number of carbonyl (C=O) groups is 3. The van der Waals surface area contributed by atoms with Crippen molar-refractivity contribution in [2.75, 3.05) is 0 Å². The van der Waals surface area contributed by atoms with E-state index in [0.29, 0.717) is 6.29 Å². The van der Waals surface area contributed by atoms with Crippen molar-refractivity contribution in [3.63, 3.8) is 0 Å². The number of esters is 2. The summed E-state index contributed by atoms with van der Waals surface area (Å²) in [6.45, 7) is 2.43. The smallest absolute Gasteiger partial charge is 0.308 e. The van der Waals surface area contributed by atoms with Gasteiger partial charge >= 0.3 is 11.9 Å². The van der Waals surface area contributed by atoms with E-state index in [1.165, 1.54) is 32.0 Å². The third-order valence-corrected chi connectivity index (χ3v) is 1.65. The Bertz CT molecular complexity index is 402. The number of ether oxygens (including phenoxy) is 2. The van der Waals surface area contributed by atoms with Gasteiger partial charge in [-0.05, 0) is 12.1 Å². The topological polar surface area (TPSA) is 69.7 Å². The highest BCUT2D eigenvalue weighted by Gasteiger charge is 2.12. The lowest BCUT2D eigenvalue weighted by molar-refractivity contribution is -0.132. The Morgan fingerprint density at radius 1 is 1.06 bits per heavy atom.